The molecule has 2 heterocycles. The lowest BCUT2D eigenvalue weighted by Crippen LogP contribution is -2.47. The van der Waals surface area contributed by atoms with Crippen molar-refractivity contribution < 1.29 is 23.9 Å². The molecule has 1 fully saturated rings. The minimum atomic E-state index is -1.15. The van der Waals surface area contributed by atoms with Gasteiger partial charge in [0, 0.05) is 6.42 Å². The number of urea groups is 1. The molecule has 2 aromatic carbocycles. The number of hydrogen-bond acceptors (Lipinski definition) is 5. The van der Waals surface area contributed by atoms with Crippen LogP contribution < -0.4 is 20.1 Å². The Bertz CT molecular complexity index is 1100. The zero-order chi connectivity index (χ0) is 23.0. The van der Waals surface area contributed by atoms with Crippen LogP contribution >= 0.6 is 0 Å². The van der Waals surface area contributed by atoms with Crippen LogP contribution in [0.15, 0.2) is 36.4 Å². The fraction of sp³-hybridized carbons (Fsp3) is 0.375. The van der Waals surface area contributed by atoms with Crippen molar-refractivity contribution in [3.8, 4) is 11.5 Å². The number of carbonyl (C=O) groups is 3. The molecule has 0 saturated carbocycles. The summed E-state index contributed by atoms with van der Waals surface area (Å²) < 4.78 is 10.7. The van der Waals surface area contributed by atoms with Gasteiger partial charge < -0.3 is 20.1 Å². The largest absolute Gasteiger partial charge is 0.454 e. The summed E-state index contributed by atoms with van der Waals surface area (Å²) in [7, 11) is 0. The first kappa shape index (κ1) is 21.7. The van der Waals surface area contributed by atoms with E-state index < -0.39 is 23.4 Å². The van der Waals surface area contributed by atoms with E-state index in [4.69, 9.17) is 9.47 Å². The van der Waals surface area contributed by atoms with E-state index in [0.717, 1.165) is 21.6 Å². The van der Waals surface area contributed by atoms with Crippen molar-refractivity contribution in [2.75, 3.05) is 13.3 Å². The minimum absolute atomic E-state index is 0.162. The summed E-state index contributed by atoms with van der Waals surface area (Å²) in [6.45, 7) is 7.40. The Morgan fingerprint density at radius 3 is 2.62 bits per heavy atom. The van der Waals surface area contributed by atoms with Gasteiger partial charge in [0.15, 0.2) is 11.5 Å². The van der Waals surface area contributed by atoms with Gasteiger partial charge in [-0.15, -0.1) is 0 Å². The summed E-state index contributed by atoms with van der Waals surface area (Å²) in [4.78, 5) is 39.2. The van der Waals surface area contributed by atoms with E-state index >= 15 is 0 Å². The molecule has 2 atom stereocenters. The molecule has 1 saturated heterocycles. The van der Waals surface area contributed by atoms with Crippen LogP contribution in [0.5, 0.6) is 11.5 Å². The molecular weight excluding hydrogens is 410 g/mol. The summed E-state index contributed by atoms with van der Waals surface area (Å²) in [5.74, 6) is 0.428. The second-order valence-corrected chi connectivity index (χ2v) is 8.65. The van der Waals surface area contributed by atoms with Gasteiger partial charge in [-0.1, -0.05) is 24.3 Å². The summed E-state index contributed by atoms with van der Waals surface area (Å²) in [6, 6.07) is 10.6. The van der Waals surface area contributed by atoms with Crippen LogP contribution in [-0.4, -0.2) is 41.6 Å². The SMILES string of the molecule is Cc1ccc(C(C)NC(=O)CN2C(=O)NC(C)(Cc3ccc4c(c3)OCO4)C2=O)cc1C. The summed E-state index contributed by atoms with van der Waals surface area (Å²) >= 11 is 0. The number of nitrogens with zero attached hydrogens (tertiary/aromatic N) is 1. The monoisotopic (exact) mass is 437 g/mol. The van der Waals surface area contributed by atoms with E-state index in [1.54, 1.807) is 19.1 Å². The van der Waals surface area contributed by atoms with Gasteiger partial charge in [0.2, 0.25) is 12.7 Å². The van der Waals surface area contributed by atoms with Crippen molar-refractivity contribution in [3.05, 3.63) is 58.7 Å². The molecule has 168 valence electrons. The van der Waals surface area contributed by atoms with Gasteiger partial charge in [0.25, 0.3) is 5.91 Å². The lowest BCUT2D eigenvalue weighted by atomic mass is 9.92. The molecule has 0 aliphatic carbocycles. The molecule has 8 heteroatoms. The number of nitrogens with one attached hydrogen (secondary N) is 2. The first-order valence-electron chi connectivity index (χ1n) is 10.6. The maximum absolute atomic E-state index is 13.1. The zero-order valence-corrected chi connectivity index (χ0v) is 18.7. The number of hydrogen-bond donors (Lipinski definition) is 2. The average molecular weight is 437 g/mol. The fourth-order valence-corrected chi connectivity index (χ4v) is 4.02. The topological polar surface area (TPSA) is 97.0 Å². The van der Waals surface area contributed by atoms with Crippen molar-refractivity contribution in [1.29, 1.82) is 0 Å². The lowest BCUT2D eigenvalue weighted by Gasteiger charge is -2.22. The van der Waals surface area contributed by atoms with Crippen LogP contribution in [0.4, 0.5) is 4.79 Å². The van der Waals surface area contributed by atoms with Gasteiger partial charge in [-0.3, -0.25) is 14.5 Å². The molecule has 0 spiro atoms. The van der Waals surface area contributed by atoms with Crippen LogP contribution in [-0.2, 0) is 16.0 Å². The van der Waals surface area contributed by atoms with E-state index in [-0.39, 0.29) is 25.8 Å². The molecule has 8 nitrogen and oxygen atoms in total. The molecule has 0 aromatic heterocycles. The number of rotatable bonds is 6. The fourth-order valence-electron chi connectivity index (χ4n) is 4.02. The third-order valence-electron chi connectivity index (χ3n) is 6.05. The van der Waals surface area contributed by atoms with Crippen LogP contribution in [0, 0.1) is 13.8 Å². The van der Waals surface area contributed by atoms with E-state index in [1.807, 2.05) is 45.0 Å². The lowest BCUT2D eigenvalue weighted by molar-refractivity contribution is -0.134. The second-order valence-electron chi connectivity index (χ2n) is 8.65. The molecule has 4 amide bonds. The second kappa shape index (κ2) is 8.18. The molecule has 32 heavy (non-hydrogen) atoms. The highest BCUT2D eigenvalue weighted by atomic mass is 16.7. The van der Waals surface area contributed by atoms with Gasteiger partial charge in [0.1, 0.15) is 12.1 Å². The number of carbonyl (C=O) groups excluding carboxylic acids is 3. The number of aryl methyl sites for hydroxylation is 2. The molecule has 2 aromatic rings. The molecule has 4 rings (SSSR count). The molecule has 2 aliphatic rings. The molecular formula is C24H27N3O5. The Morgan fingerprint density at radius 2 is 1.88 bits per heavy atom. The normalized spacial score (nSPS) is 20.3. The van der Waals surface area contributed by atoms with Crippen molar-refractivity contribution in [3.63, 3.8) is 0 Å². The Hall–Kier alpha value is -3.55. The van der Waals surface area contributed by atoms with Gasteiger partial charge in [-0.05, 0) is 62.1 Å². The molecule has 2 aliphatic heterocycles. The number of benzene rings is 2. The van der Waals surface area contributed by atoms with Crippen LogP contribution in [0.3, 0.4) is 0 Å². The first-order valence-corrected chi connectivity index (χ1v) is 10.6. The van der Waals surface area contributed by atoms with Crippen molar-refractivity contribution >= 4 is 17.8 Å². The third-order valence-corrected chi connectivity index (χ3v) is 6.05. The molecule has 2 unspecified atom stereocenters. The predicted octanol–water partition coefficient (Wildman–Crippen LogP) is 2.76. The summed E-state index contributed by atoms with van der Waals surface area (Å²) in [5.41, 5.74) is 2.95. The highest BCUT2D eigenvalue weighted by Gasteiger charge is 2.48. The van der Waals surface area contributed by atoms with Crippen LogP contribution in [0.1, 0.15) is 42.1 Å². The number of fused-ring (bicyclic) bond motifs is 1. The number of imide groups is 1. The van der Waals surface area contributed by atoms with Gasteiger partial charge >= 0.3 is 6.03 Å². The van der Waals surface area contributed by atoms with Crippen molar-refractivity contribution in [2.45, 2.75) is 45.7 Å². The van der Waals surface area contributed by atoms with Gasteiger partial charge in [0.05, 0.1) is 6.04 Å². The van der Waals surface area contributed by atoms with E-state index in [0.29, 0.717) is 11.5 Å². The quantitative estimate of drug-likeness (QED) is 0.678. The van der Waals surface area contributed by atoms with E-state index in [2.05, 4.69) is 10.6 Å². The van der Waals surface area contributed by atoms with Gasteiger partial charge in [-0.2, -0.15) is 0 Å². The zero-order valence-electron chi connectivity index (χ0n) is 18.7. The minimum Gasteiger partial charge on any atom is -0.454 e. The van der Waals surface area contributed by atoms with Gasteiger partial charge in [-0.25, -0.2) is 4.79 Å². The molecule has 2 N–H and O–H groups in total. The maximum Gasteiger partial charge on any atom is 0.325 e. The van der Waals surface area contributed by atoms with Crippen molar-refractivity contribution in [2.24, 2.45) is 0 Å². The molecule has 0 radical (unpaired) electrons. The van der Waals surface area contributed by atoms with Crippen molar-refractivity contribution in [1.82, 2.24) is 15.5 Å². The number of ether oxygens (including phenoxy) is 2. The Labute approximate surface area is 186 Å². The highest BCUT2D eigenvalue weighted by molar-refractivity contribution is 6.09. The van der Waals surface area contributed by atoms with Crippen LogP contribution in [0.2, 0.25) is 0 Å². The summed E-state index contributed by atoms with van der Waals surface area (Å²) in [5, 5.41) is 5.61. The Balaban J connectivity index is 1.40. The highest BCUT2D eigenvalue weighted by Crippen LogP contribution is 2.34. The first-order chi connectivity index (χ1) is 15.2. The summed E-state index contributed by atoms with van der Waals surface area (Å²) in [6.07, 6.45) is 0.269. The van der Waals surface area contributed by atoms with E-state index in [9.17, 15) is 14.4 Å². The number of amides is 4. The van der Waals surface area contributed by atoms with Crippen LogP contribution in [0.25, 0.3) is 0 Å². The Morgan fingerprint density at radius 1 is 1.12 bits per heavy atom. The average Bonchev–Trinajstić information content (AvgIpc) is 3.28. The standard InChI is InChI=1S/C24H27N3O5/c1-14-5-7-18(9-15(14)2)16(3)25-21(28)12-27-22(29)24(4,26-23(27)30)11-17-6-8-19-20(10-17)32-13-31-19/h5-10,16H,11-13H2,1-4H3,(H,25,28)(H,26,30). The van der Waals surface area contributed by atoms with E-state index in [1.165, 1.54) is 5.56 Å². The Kier molecular flexibility index (Phi) is 5.54. The maximum atomic E-state index is 13.1. The smallest absolute Gasteiger partial charge is 0.325 e. The predicted molar refractivity (Wildman–Crippen MR) is 117 cm³/mol. The molecule has 0 bridgehead atoms. The third kappa shape index (κ3) is 4.12.